The number of hydrogen-bond donors (Lipinski definition) is 3. The maximum Gasteiger partial charge on any atom is 0.244 e. The molecule has 7 heteroatoms. The molecule has 7 nitrogen and oxygen atoms in total. The van der Waals surface area contributed by atoms with Gasteiger partial charge in [0.2, 0.25) is 11.7 Å². The second kappa shape index (κ2) is 4.46. The summed E-state index contributed by atoms with van der Waals surface area (Å²) in [6.45, 7) is 0. The van der Waals surface area contributed by atoms with Gasteiger partial charge in [0.15, 0.2) is 0 Å². The summed E-state index contributed by atoms with van der Waals surface area (Å²) < 4.78 is 5.16. The van der Waals surface area contributed by atoms with Crippen molar-refractivity contribution in [2.75, 3.05) is 0 Å². The number of H-pyrrole nitrogens is 2. The van der Waals surface area contributed by atoms with Crippen molar-refractivity contribution in [2.24, 2.45) is 5.73 Å². The number of hydrogen-bond acceptors (Lipinski definition) is 5. The molecule has 0 aromatic carbocycles. The van der Waals surface area contributed by atoms with Crippen LogP contribution in [0.2, 0.25) is 0 Å². The standard InChI is InChI=1S/C11H12N6O/c12-8(4-7-5-13-6-15-7)11-16-10(17-18-11)9-2-1-3-14-9/h1-3,5-6,8,14H,4,12H2,(H,13,15)/t8-/m0/s1. The van der Waals surface area contributed by atoms with E-state index in [1.54, 1.807) is 18.7 Å². The van der Waals surface area contributed by atoms with E-state index in [2.05, 4.69) is 25.1 Å². The highest BCUT2D eigenvalue weighted by molar-refractivity contribution is 5.47. The van der Waals surface area contributed by atoms with Crippen molar-refractivity contribution in [3.05, 3.63) is 42.4 Å². The van der Waals surface area contributed by atoms with Gasteiger partial charge in [0.1, 0.15) is 0 Å². The zero-order valence-electron chi connectivity index (χ0n) is 9.50. The van der Waals surface area contributed by atoms with Gasteiger partial charge in [-0.2, -0.15) is 4.98 Å². The Hall–Kier alpha value is -2.41. The lowest BCUT2D eigenvalue weighted by Gasteiger charge is -2.03. The van der Waals surface area contributed by atoms with Crippen molar-refractivity contribution in [1.82, 2.24) is 25.1 Å². The van der Waals surface area contributed by atoms with Crippen molar-refractivity contribution >= 4 is 0 Å². The van der Waals surface area contributed by atoms with Gasteiger partial charge in [-0.05, 0) is 12.1 Å². The van der Waals surface area contributed by atoms with Crippen LogP contribution in [0.5, 0.6) is 0 Å². The van der Waals surface area contributed by atoms with Crippen molar-refractivity contribution in [3.8, 4) is 11.5 Å². The van der Waals surface area contributed by atoms with Crippen LogP contribution in [0.4, 0.5) is 0 Å². The lowest BCUT2D eigenvalue weighted by molar-refractivity contribution is 0.354. The SMILES string of the molecule is N[C@@H](Cc1cnc[nH]1)c1nc(-c2ccc[nH]2)no1. The Morgan fingerprint density at radius 3 is 3.06 bits per heavy atom. The molecule has 0 aliphatic rings. The van der Waals surface area contributed by atoms with E-state index in [1.165, 1.54) is 0 Å². The fourth-order valence-corrected chi connectivity index (χ4v) is 1.69. The Labute approximate surface area is 102 Å². The summed E-state index contributed by atoms with van der Waals surface area (Å²) in [4.78, 5) is 14.2. The summed E-state index contributed by atoms with van der Waals surface area (Å²) in [5.74, 6) is 0.921. The molecule has 3 aromatic heterocycles. The predicted molar refractivity (Wildman–Crippen MR) is 63.3 cm³/mol. The first-order valence-corrected chi connectivity index (χ1v) is 5.53. The Morgan fingerprint density at radius 1 is 1.39 bits per heavy atom. The first-order chi connectivity index (χ1) is 8.83. The average Bonchev–Trinajstić information content (AvgIpc) is 3.11. The lowest BCUT2D eigenvalue weighted by atomic mass is 10.2. The number of nitrogens with two attached hydrogens (primary N) is 1. The van der Waals surface area contributed by atoms with Crippen molar-refractivity contribution in [2.45, 2.75) is 12.5 Å². The van der Waals surface area contributed by atoms with E-state index in [-0.39, 0.29) is 6.04 Å². The van der Waals surface area contributed by atoms with E-state index in [1.807, 2.05) is 12.1 Å². The molecule has 1 atom stereocenters. The minimum Gasteiger partial charge on any atom is -0.359 e. The van der Waals surface area contributed by atoms with Gasteiger partial charge in [-0.3, -0.25) is 0 Å². The van der Waals surface area contributed by atoms with Gasteiger partial charge in [0.05, 0.1) is 18.1 Å². The normalized spacial score (nSPS) is 12.7. The van der Waals surface area contributed by atoms with Gasteiger partial charge in [-0.15, -0.1) is 0 Å². The van der Waals surface area contributed by atoms with Gasteiger partial charge in [0, 0.05) is 24.5 Å². The molecule has 0 aliphatic carbocycles. The van der Waals surface area contributed by atoms with Gasteiger partial charge in [-0.25, -0.2) is 4.98 Å². The lowest BCUT2D eigenvalue weighted by Crippen LogP contribution is -2.13. The molecule has 0 bridgehead atoms. The Balaban J connectivity index is 1.77. The molecule has 0 fully saturated rings. The van der Waals surface area contributed by atoms with Crippen LogP contribution >= 0.6 is 0 Å². The van der Waals surface area contributed by atoms with E-state index in [9.17, 15) is 0 Å². The largest absolute Gasteiger partial charge is 0.359 e. The fraction of sp³-hybridized carbons (Fsp3) is 0.182. The number of aromatic amines is 2. The number of nitrogens with one attached hydrogen (secondary N) is 2. The molecule has 0 saturated carbocycles. The molecule has 0 unspecified atom stereocenters. The predicted octanol–water partition coefficient (Wildman–Crippen LogP) is 1.03. The number of nitrogens with zero attached hydrogens (tertiary/aromatic N) is 3. The minimum atomic E-state index is -0.346. The first kappa shape index (κ1) is 10.7. The number of rotatable bonds is 4. The number of aromatic nitrogens is 5. The molecule has 0 amide bonds. The van der Waals surface area contributed by atoms with Crippen LogP contribution in [0, 0.1) is 0 Å². The van der Waals surface area contributed by atoms with E-state index in [4.69, 9.17) is 10.3 Å². The quantitative estimate of drug-likeness (QED) is 0.635. The van der Waals surface area contributed by atoms with E-state index in [0.29, 0.717) is 18.1 Å². The minimum absolute atomic E-state index is 0.346. The van der Waals surface area contributed by atoms with Crippen LogP contribution in [-0.4, -0.2) is 25.1 Å². The molecule has 3 heterocycles. The molecule has 92 valence electrons. The Morgan fingerprint density at radius 2 is 2.33 bits per heavy atom. The summed E-state index contributed by atoms with van der Waals surface area (Å²) in [5.41, 5.74) is 7.74. The molecular weight excluding hydrogens is 232 g/mol. The first-order valence-electron chi connectivity index (χ1n) is 5.53. The van der Waals surface area contributed by atoms with Crippen molar-refractivity contribution in [3.63, 3.8) is 0 Å². The summed E-state index contributed by atoms with van der Waals surface area (Å²) in [5, 5.41) is 3.89. The van der Waals surface area contributed by atoms with Gasteiger partial charge < -0.3 is 20.2 Å². The highest BCUT2D eigenvalue weighted by Gasteiger charge is 2.16. The highest BCUT2D eigenvalue weighted by atomic mass is 16.5. The van der Waals surface area contributed by atoms with Crippen molar-refractivity contribution in [1.29, 1.82) is 0 Å². The molecule has 18 heavy (non-hydrogen) atoms. The summed E-state index contributed by atoms with van der Waals surface area (Å²) in [6, 6.07) is 3.40. The third-order valence-electron chi connectivity index (χ3n) is 2.59. The zero-order chi connectivity index (χ0) is 12.4. The molecule has 0 spiro atoms. The third-order valence-corrected chi connectivity index (χ3v) is 2.59. The second-order valence-electron chi connectivity index (χ2n) is 3.93. The average molecular weight is 244 g/mol. The van der Waals surface area contributed by atoms with Gasteiger partial charge in [0.25, 0.3) is 0 Å². The maximum atomic E-state index is 6.00. The van der Waals surface area contributed by atoms with Crippen LogP contribution in [0.1, 0.15) is 17.6 Å². The van der Waals surface area contributed by atoms with Gasteiger partial charge in [-0.1, -0.05) is 5.16 Å². The van der Waals surface area contributed by atoms with E-state index >= 15 is 0 Å². The van der Waals surface area contributed by atoms with E-state index in [0.717, 1.165) is 11.4 Å². The fourth-order valence-electron chi connectivity index (χ4n) is 1.69. The number of imidazole rings is 1. The van der Waals surface area contributed by atoms with Crippen LogP contribution in [0.25, 0.3) is 11.5 Å². The zero-order valence-corrected chi connectivity index (χ0v) is 9.50. The monoisotopic (exact) mass is 244 g/mol. The maximum absolute atomic E-state index is 6.00. The van der Waals surface area contributed by atoms with Crippen LogP contribution < -0.4 is 5.73 Å². The smallest absolute Gasteiger partial charge is 0.244 e. The topological polar surface area (TPSA) is 109 Å². The third kappa shape index (κ3) is 2.03. The van der Waals surface area contributed by atoms with Crippen LogP contribution in [-0.2, 0) is 6.42 Å². The second-order valence-corrected chi connectivity index (χ2v) is 3.93. The molecule has 0 radical (unpaired) electrons. The Bertz CT molecular complexity index is 597. The van der Waals surface area contributed by atoms with Crippen LogP contribution in [0.3, 0.4) is 0 Å². The molecule has 3 rings (SSSR count). The molecule has 4 N–H and O–H groups in total. The highest BCUT2D eigenvalue weighted by Crippen LogP contribution is 2.17. The van der Waals surface area contributed by atoms with E-state index < -0.39 is 0 Å². The molecule has 0 aliphatic heterocycles. The molecular formula is C11H12N6O. The molecule has 0 saturated heterocycles. The van der Waals surface area contributed by atoms with Crippen LogP contribution in [0.15, 0.2) is 35.4 Å². The summed E-state index contributed by atoms with van der Waals surface area (Å²) >= 11 is 0. The molecule has 3 aromatic rings. The van der Waals surface area contributed by atoms with Gasteiger partial charge >= 0.3 is 0 Å². The van der Waals surface area contributed by atoms with Crippen molar-refractivity contribution < 1.29 is 4.52 Å². The summed E-state index contributed by atoms with van der Waals surface area (Å²) in [7, 11) is 0. The summed E-state index contributed by atoms with van der Waals surface area (Å²) in [6.07, 6.45) is 5.71. The Kier molecular flexibility index (Phi) is 2.66.